The molecule has 0 aliphatic carbocycles. The van der Waals surface area contributed by atoms with Crippen LogP contribution in [0.5, 0.6) is 0 Å². The average Bonchev–Trinajstić information content (AvgIpc) is 2.28. The number of unbranched alkanes of at least 4 members (excludes halogenated alkanes) is 1. The molecular weight excluding hydrogens is 370 g/mol. The van der Waals surface area contributed by atoms with Gasteiger partial charge in [-0.05, 0) is 40.5 Å². The molecule has 0 saturated carbocycles. The molecule has 0 radical (unpaired) electrons. The van der Waals surface area contributed by atoms with Crippen molar-refractivity contribution in [3.05, 3.63) is 27.1 Å². The summed E-state index contributed by atoms with van der Waals surface area (Å²) in [6.07, 6.45) is 1.83. The van der Waals surface area contributed by atoms with Crippen LogP contribution in [0.3, 0.4) is 0 Å². The predicted octanol–water partition coefficient (Wildman–Crippen LogP) is 3.63. The molecule has 0 aliphatic rings. The van der Waals surface area contributed by atoms with Crippen molar-refractivity contribution in [3.8, 4) is 0 Å². The Hall–Kier alpha value is 0.0900. The summed E-state index contributed by atoms with van der Waals surface area (Å²) in [6.45, 7) is 2.58. The Morgan fingerprint density at radius 3 is 2.53 bits per heavy atom. The lowest BCUT2D eigenvalue weighted by Crippen LogP contribution is -2.28. The summed E-state index contributed by atoms with van der Waals surface area (Å²) in [5.74, 6) is 0. The van der Waals surface area contributed by atoms with E-state index >= 15 is 0 Å². The standard InChI is InChI=1S/C11H15Br2NO2S/c1-3-4-7-14(2)17(15,16)11-8-9(12)5-6-10(11)13/h5-6,8H,3-4,7H2,1-2H3. The minimum Gasteiger partial charge on any atom is -0.207 e. The number of benzene rings is 1. The maximum atomic E-state index is 12.3. The Bertz CT molecular complexity index is 488. The molecule has 0 unspecified atom stereocenters. The van der Waals surface area contributed by atoms with Gasteiger partial charge in [-0.1, -0.05) is 29.3 Å². The molecule has 0 atom stereocenters. The summed E-state index contributed by atoms with van der Waals surface area (Å²) in [6, 6.07) is 5.14. The van der Waals surface area contributed by atoms with Crippen LogP contribution in [0, 0.1) is 0 Å². The number of rotatable bonds is 5. The highest BCUT2D eigenvalue weighted by atomic mass is 79.9. The molecule has 0 bridgehead atoms. The zero-order valence-electron chi connectivity index (χ0n) is 9.78. The largest absolute Gasteiger partial charge is 0.243 e. The van der Waals surface area contributed by atoms with Gasteiger partial charge < -0.3 is 0 Å². The maximum absolute atomic E-state index is 12.3. The SMILES string of the molecule is CCCCN(C)S(=O)(=O)c1cc(Br)ccc1Br. The van der Waals surface area contributed by atoms with Gasteiger partial charge in [-0.15, -0.1) is 0 Å². The van der Waals surface area contributed by atoms with Crippen LogP contribution in [0.2, 0.25) is 0 Å². The van der Waals surface area contributed by atoms with Crippen LogP contribution >= 0.6 is 31.9 Å². The van der Waals surface area contributed by atoms with E-state index in [1.54, 1.807) is 25.2 Å². The summed E-state index contributed by atoms with van der Waals surface area (Å²) < 4.78 is 27.3. The van der Waals surface area contributed by atoms with Crippen LogP contribution in [-0.4, -0.2) is 26.3 Å². The fourth-order valence-electron chi connectivity index (χ4n) is 1.34. The molecule has 0 heterocycles. The van der Waals surface area contributed by atoms with Gasteiger partial charge in [0.25, 0.3) is 0 Å². The molecule has 96 valence electrons. The molecule has 1 aromatic carbocycles. The van der Waals surface area contributed by atoms with Crippen LogP contribution in [0.4, 0.5) is 0 Å². The van der Waals surface area contributed by atoms with Crippen molar-refractivity contribution < 1.29 is 8.42 Å². The van der Waals surface area contributed by atoms with E-state index in [9.17, 15) is 8.42 Å². The number of halogens is 2. The number of sulfonamides is 1. The van der Waals surface area contributed by atoms with Crippen molar-refractivity contribution >= 4 is 41.9 Å². The van der Waals surface area contributed by atoms with Gasteiger partial charge in [-0.3, -0.25) is 0 Å². The quantitative estimate of drug-likeness (QED) is 0.777. The van der Waals surface area contributed by atoms with E-state index in [0.717, 1.165) is 17.3 Å². The van der Waals surface area contributed by atoms with Gasteiger partial charge in [0.1, 0.15) is 0 Å². The first-order valence-electron chi connectivity index (χ1n) is 5.31. The lowest BCUT2D eigenvalue weighted by atomic mass is 10.3. The molecule has 0 aromatic heterocycles. The predicted molar refractivity (Wildman–Crippen MR) is 76.6 cm³/mol. The Labute approximate surface area is 120 Å². The highest BCUT2D eigenvalue weighted by molar-refractivity contribution is 9.11. The Balaban J connectivity index is 3.08. The third-order valence-electron chi connectivity index (χ3n) is 2.41. The molecule has 0 N–H and O–H groups in total. The molecule has 0 saturated heterocycles. The number of nitrogens with zero attached hydrogens (tertiary/aromatic N) is 1. The molecule has 6 heteroatoms. The van der Waals surface area contributed by atoms with E-state index in [4.69, 9.17) is 0 Å². The first kappa shape index (κ1) is 15.1. The topological polar surface area (TPSA) is 37.4 Å². The van der Waals surface area contributed by atoms with Gasteiger partial charge in [0.2, 0.25) is 10.0 Å². The van der Waals surface area contributed by atoms with Crippen LogP contribution in [0.1, 0.15) is 19.8 Å². The van der Waals surface area contributed by atoms with E-state index in [0.29, 0.717) is 15.9 Å². The second kappa shape index (κ2) is 6.31. The lowest BCUT2D eigenvalue weighted by molar-refractivity contribution is 0.459. The van der Waals surface area contributed by atoms with E-state index in [2.05, 4.69) is 31.9 Å². The molecule has 3 nitrogen and oxygen atoms in total. The molecular formula is C11H15Br2NO2S. The van der Waals surface area contributed by atoms with Gasteiger partial charge in [0, 0.05) is 22.5 Å². The first-order chi connectivity index (χ1) is 7.89. The zero-order valence-corrected chi connectivity index (χ0v) is 13.8. The van der Waals surface area contributed by atoms with Crippen LogP contribution in [-0.2, 0) is 10.0 Å². The monoisotopic (exact) mass is 383 g/mol. The highest BCUT2D eigenvalue weighted by Gasteiger charge is 2.22. The minimum absolute atomic E-state index is 0.297. The van der Waals surface area contributed by atoms with Gasteiger partial charge in [-0.25, -0.2) is 12.7 Å². The number of hydrogen-bond acceptors (Lipinski definition) is 2. The van der Waals surface area contributed by atoms with Crippen molar-refractivity contribution in [1.29, 1.82) is 0 Å². The highest BCUT2D eigenvalue weighted by Crippen LogP contribution is 2.27. The molecule has 0 fully saturated rings. The molecule has 0 aliphatic heterocycles. The second-order valence-corrected chi connectivity index (χ2v) is 7.54. The Morgan fingerprint density at radius 1 is 1.29 bits per heavy atom. The third-order valence-corrected chi connectivity index (χ3v) is 5.75. The van der Waals surface area contributed by atoms with Crippen LogP contribution < -0.4 is 0 Å². The van der Waals surface area contributed by atoms with E-state index < -0.39 is 10.0 Å². The van der Waals surface area contributed by atoms with Gasteiger partial charge >= 0.3 is 0 Å². The van der Waals surface area contributed by atoms with Crippen molar-refractivity contribution in [2.75, 3.05) is 13.6 Å². The van der Waals surface area contributed by atoms with Crippen molar-refractivity contribution in [3.63, 3.8) is 0 Å². The summed E-state index contributed by atoms with van der Waals surface area (Å²) in [4.78, 5) is 0.297. The maximum Gasteiger partial charge on any atom is 0.243 e. The molecule has 1 rings (SSSR count). The fraction of sp³-hybridized carbons (Fsp3) is 0.455. The lowest BCUT2D eigenvalue weighted by Gasteiger charge is -2.17. The van der Waals surface area contributed by atoms with Gasteiger partial charge in [0.05, 0.1) is 4.90 Å². The Morgan fingerprint density at radius 2 is 1.94 bits per heavy atom. The molecule has 0 amide bonds. The van der Waals surface area contributed by atoms with Crippen molar-refractivity contribution in [1.82, 2.24) is 4.31 Å². The van der Waals surface area contributed by atoms with Gasteiger partial charge in [-0.2, -0.15) is 0 Å². The molecule has 1 aromatic rings. The zero-order chi connectivity index (χ0) is 13.1. The number of hydrogen-bond donors (Lipinski definition) is 0. The summed E-state index contributed by atoms with van der Waals surface area (Å²) in [5, 5.41) is 0. The van der Waals surface area contributed by atoms with Crippen molar-refractivity contribution in [2.24, 2.45) is 0 Å². The van der Waals surface area contributed by atoms with Crippen LogP contribution in [0.25, 0.3) is 0 Å². The first-order valence-corrected chi connectivity index (χ1v) is 8.33. The van der Waals surface area contributed by atoms with Gasteiger partial charge in [0.15, 0.2) is 0 Å². The van der Waals surface area contributed by atoms with E-state index in [1.165, 1.54) is 4.31 Å². The third kappa shape index (κ3) is 3.77. The summed E-state index contributed by atoms with van der Waals surface area (Å²) in [7, 11) is -1.80. The second-order valence-electron chi connectivity index (χ2n) is 3.75. The minimum atomic E-state index is -3.41. The molecule has 0 spiro atoms. The van der Waals surface area contributed by atoms with E-state index in [-0.39, 0.29) is 0 Å². The van der Waals surface area contributed by atoms with E-state index in [1.807, 2.05) is 6.92 Å². The average molecular weight is 385 g/mol. The fourth-order valence-corrected chi connectivity index (χ4v) is 4.01. The molecule has 17 heavy (non-hydrogen) atoms. The summed E-state index contributed by atoms with van der Waals surface area (Å²) >= 11 is 6.56. The smallest absolute Gasteiger partial charge is 0.207 e. The summed E-state index contributed by atoms with van der Waals surface area (Å²) in [5.41, 5.74) is 0. The Kier molecular flexibility index (Phi) is 5.63. The van der Waals surface area contributed by atoms with Crippen molar-refractivity contribution in [2.45, 2.75) is 24.7 Å². The normalized spacial score (nSPS) is 12.1. The van der Waals surface area contributed by atoms with Crippen LogP contribution in [0.15, 0.2) is 32.0 Å².